The van der Waals surface area contributed by atoms with Gasteiger partial charge in [0.2, 0.25) is 0 Å². The summed E-state index contributed by atoms with van der Waals surface area (Å²) >= 11 is 13.4. The summed E-state index contributed by atoms with van der Waals surface area (Å²) in [4.78, 5) is 4.74. The number of hydrogen-bond donors (Lipinski definition) is 1. The normalized spacial score (nSPS) is 15.8. The van der Waals surface area contributed by atoms with Crippen LogP contribution in [0.2, 0.25) is 5.02 Å². The Kier molecular flexibility index (Phi) is 7.80. The summed E-state index contributed by atoms with van der Waals surface area (Å²) in [5.41, 5.74) is 1.28. The molecule has 0 spiro atoms. The molecule has 122 valence electrons. The second kappa shape index (κ2) is 9.60. The van der Waals surface area contributed by atoms with Crippen LogP contribution >= 0.6 is 35.6 Å². The van der Waals surface area contributed by atoms with Crippen LogP contribution < -0.4 is 5.32 Å². The van der Waals surface area contributed by atoms with Gasteiger partial charge in [-0.15, -0.1) is 0 Å². The standard InChI is InChI=1S/C16H24ClN3S2/c1-22-11-3-6-18-16(21)20-9-7-19(8-10-20)13-14-4-2-5-15(17)12-14/h2,4-5,12H,3,6-11,13H2,1H3,(H,18,21). The molecule has 1 aliphatic heterocycles. The van der Waals surface area contributed by atoms with E-state index in [0.717, 1.165) is 55.8 Å². The number of benzene rings is 1. The molecule has 1 aromatic rings. The predicted octanol–water partition coefficient (Wildman–Crippen LogP) is 3.09. The van der Waals surface area contributed by atoms with Crippen LogP contribution in [0.3, 0.4) is 0 Å². The Morgan fingerprint density at radius 3 is 2.77 bits per heavy atom. The van der Waals surface area contributed by atoms with E-state index in [-0.39, 0.29) is 0 Å². The van der Waals surface area contributed by atoms with Gasteiger partial charge in [0.1, 0.15) is 0 Å². The van der Waals surface area contributed by atoms with Crippen molar-refractivity contribution in [3.05, 3.63) is 34.9 Å². The van der Waals surface area contributed by atoms with Gasteiger partial charge < -0.3 is 10.2 Å². The third kappa shape index (κ3) is 5.95. The second-order valence-corrected chi connectivity index (χ2v) is 7.28. The SMILES string of the molecule is CSCCCNC(=S)N1CCN(Cc2cccc(Cl)c2)CC1. The molecule has 0 aromatic heterocycles. The molecule has 0 atom stereocenters. The third-order valence-corrected chi connectivity index (χ3v) is 5.09. The van der Waals surface area contributed by atoms with Crippen molar-refractivity contribution in [1.82, 2.24) is 15.1 Å². The molecule has 0 aliphatic carbocycles. The van der Waals surface area contributed by atoms with E-state index in [0.29, 0.717) is 0 Å². The lowest BCUT2D eigenvalue weighted by atomic mass is 10.2. The van der Waals surface area contributed by atoms with Crippen LogP contribution in [0.15, 0.2) is 24.3 Å². The maximum absolute atomic E-state index is 6.04. The highest BCUT2D eigenvalue weighted by Crippen LogP contribution is 2.14. The zero-order valence-corrected chi connectivity index (χ0v) is 15.4. The summed E-state index contributed by atoms with van der Waals surface area (Å²) in [5, 5.41) is 5.09. The van der Waals surface area contributed by atoms with Crippen molar-refractivity contribution in [2.75, 3.05) is 44.7 Å². The van der Waals surface area contributed by atoms with Gasteiger partial charge in [0.15, 0.2) is 5.11 Å². The van der Waals surface area contributed by atoms with E-state index in [1.807, 2.05) is 30.0 Å². The number of nitrogens with one attached hydrogen (secondary N) is 1. The van der Waals surface area contributed by atoms with Crippen molar-refractivity contribution in [3.63, 3.8) is 0 Å². The molecule has 6 heteroatoms. The maximum atomic E-state index is 6.04. The van der Waals surface area contributed by atoms with Crippen molar-refractivity contribution in [2.45, 2.75) is 13.0 Å². The highest BCUT2D eigenvalue weighted by atomic mass is 35.5. The minimum Gasteiger partial charge on any atom is -0.363 e. The van der Waals surface area contributed by atoms with Crippen molar-refractivity contribution in [3.8, 4) is 0 Å². The monoisotopic (exact) mass is 357 g/mol. The number of hydrogen-bond acceptors (Lipinski definition) is 3. The molecule has 1 N–H and O–H groups in total. The largest absolute Gasteiger partial charge is 0.363 e. The first kappa shape index (κ1) is 17.9. The Morgan fingerprint density at radius 1 is 1.32 bits per heavy atom. The van der Waals surface area contributed by atoms with Gasteiger partial charge in [-0.25, -0.2) is 0 Å². The first-order chi connectivity index (χ1) is 10.7. The van der Waals surface area contributed by atoms with Crippen LogP contribution in [0.1, 0.15) is 12.0 Å². The van der Waals surface area contributed by atoms with Crippen molar-refractivity contribution < 1.29 is 0 Å². The molecule has 1 aromatic carbocycles. The molecule has 22 heavy (non-hydrogen) atoms. The fraction of sp³-hybridized carbons (Fsp3) is 0.562. The number of halogens is 1. The lowest BCUT2D eigenvalue weighted by Gasteiger charge is -2.36. The second-order valence-electron chi connectivity index (χ2n) is 5.47. The summed E-state index contributed by atoms with van der Waals surface area (Å²) in [6.45, 7) is 6.01. The average molecular weight is 358 g/mol. The lowest BCUT2D eigenvalue weighted by Crippen LogP contribution is -2.51. The van der Waals surface area contributed by atoms with Gasteiger partial charge in [0, 0.05) is 44.3 Å². The van der Waals surface area contributed by atoms with Crippen LogP contribution in [0, 0.1) is 0 Å². The minimum absolute atomic E-state index is 0.812. The fourth-order valence-electron chi connectivity index (χ4n) is 2.53. The molecule has 1 fully saturated rings. The molecule has 2 rings (SSSR count). The minimum atomic E-state index is 0.812. The van der Waals surface area contributed by atoms with Gasteiger partial charge >= 0.3 is 0 Å². The van der Waals surface area contributed by atoms with Gasteiger partial charge in [0.05, 0.1) is 0 Å². The zero-order valence-electron chi connectivity index (χ0n) is 13.1. The summed E-state index contributed by atoms with van der Waals surface area (Å²) in [6.07, 6.45) is 3.30. The van der Waals surface area contributed by atoms with E-state index < -0.39 is 0 Å². The molecule has 0 saturated carbocycles. The lowest BCUT2D eigenvalue weighted by molar-refractivity contribution is 0.174. The molecular weight excluding hydrogens is 334 g/mol. The Bertz CT molecular complexity index is 476. The van der Waals surface area contributed by atoms with Crippen LogP contribution in [0.25, 0.3) is 0 Å². The summed E-state index contributed by atoms with van der Waals surface area (Å²) < 4.78 is 0. The topological polar surface area (TPSA) is 18.5 Å². The fourth-order valence-corrected chi connectivity index (χ4v) is 3.46. The van der Waals surface area contributed by atoms with Gasteiger partial charge in [-0.1, -0.05) is 23.7 Å². The van der Waals surface area contributed by atoms with Crippen molar-refractivity contribution in [2.24, 2.45) is 0 Å². The maximum Gasteiger partial charge on any atom is 0.169 e. The first-order valence-corrected chi connectivity index (χ1v) is 9.85. The Balaban J connectivity index is 1.70. The number of rotatable bonds is 6. The average Bonchev–Trinajstić information content (AvgIpc) is 2.52. The van der Waals surface area contributed by atoms with Crippen molar-refractivity contribution in [1.29, 1.82) is 0 Å². The molecular formula is C16H24ClN3S2. The molecule has 0 amide bonds. The van der Waals surface area contributed by atoms with Gasteiger partial charge in [-0.05, 0) is 48.3 Å². The Hall–Kier alpha value is -0.490. The highest BCUT2D eigenvalue weighted by molar-refractivity contribution is 7.98. The van der Waals surface area contributed by atoms with E-state index in [1.54, 1.807) is 0 Å². The molecule has 0 radical (unpaired) electrons. The molecule has 0 unspecified atom stereocenters. The van der Waals surface area contributed by atoms with Gasteiger partial charge in [0.25, 0.3) is 0 Å². The summed E-state index contributed by atoms with van der Waals surface area (Å²) in [6, 6.07) is 8.12. The van der Waals surface area contributed by atoms with Crippen LogP contribution in [0.4, 0.5) is 0 Å². The highest BCUT2D eigenvalue weighted by Gasteiger charge is 2.18. The van der Waals surface area contributed by atoms with E-state index in [1.165, 1.54) is 11.3 Å². The van der Waals surface area contributed by atoms with Crippen LogP contribution in [0.5, 0.6) is 0 Å². The summed E-state index contributed by atoms with van der Waals surface area (Å²) in [5.74, 6) is 1.18. The number of nitrogens with zero attached hydrogens (tertiary/aromatic N) is 2. The third-order valence-electron chi connectivity index (χ3n) is 3.76. The molecule has 1 heterocycles. The number of piperazine rings is 1. The molecule has 3 nitrogen and oxygen atoms in total. The van der Waals surface area contributed by atoms with Gasteiger partial charge in [-0.2, -0.15) is 11.8 Å². The Labute approximate surface area is 148 Å². The molecule has 1 aliphatic rings. The number of thiocarbonyl (C=S) groups is 1. The smallest absolute Gasteiger partial charge is 0.169 e. The van der Waals surface area contributed by atoms with E-state index >= 15 is 0 Å². The molecule has 0 bridgehead atoms. The van der Waals surface area contributed by atoms with E-state index in [9.17, 15) is 0 Å². The summed E-state index contributed by atoms with van der Waals surface area (Å²) in [7, 11) is 0. The Morgan fingerprint density at radius 2 is 2.09 bits per heavy atom. The number of thioether (sulfide) groups is 1. The zero-order chi connectivity index (χ0) is 15.8. The first-order valence-electron chi connectivity index (χ1n) is 7.67. The predicted molar refractivity (Wildman–Crippen MR) is 102 cm³/mol. The van der Waals surface area contributed by atoms with Crippen molar-refractivity contribution >= 4 is 40.7 Å². The van der Waals surface area contributed by atoms with E-state index in [4.69, 9.17) is 23.8 Å². The van der Waals surface area contributed by atoms with Gasteiger partial charge in [-0.3, -0.25) is 4.90 Å². The van der Waals surface area contributed by atoms with Crippen LogP contribution in [-0.2, 0) is 6.54 Å². The van der Waals surface area contributed by atoms with E-state index in [2.05, 4.69) is 27.4 Å². The quantitative estimate of drug-likeness (QED) is 0.621. The van der Waals surface area contributed by atoms with Crippen LogP contribution in [-0.4, -0.2) is 59.6 Å². The molecule has 1 saturated heterocycles.